The van der Waals surface area contributed by atoms with E-state index < -0.39 is 5.97 Å². The van der Waals surface area contributed by atoms with Gasteiger partial charge in [0.05, 0.1) is 16.8 Å². The number of ether oxygens (including phenoxy) is 1. The highest BCUT2D eigenvalue weighted by Crippen LogP contribution is 2.27. The molecule has 2 rings (SSSR count). The van der Waals surface area contributed by atoms with Gasteiger partial charge in [-0.25, -0.2) is 9.78 Å². The molecule has 0 atom stereocenters. The van der Waals surface area contributed by atoms with Crippen LogP contribution in [0.3, 0.4) is 0 Å². The molecule has 0 unspecified atom stereocenters. The van der Waals surface area contributed by atoms with Crippen molar-refractivity contribution in [1.82, 2.24) is 4.98 Å². The summed E-state index contributed by atoms with van der Waals surface area (Å²) in [6.45, 7) is 2.55. The van der Waals surface area contributed by atoms with Gasteiger partial charge in [-0.3, -0.25) is 0 Å². The maximum atomic E-state index is 10.4. The first-order valence-corrected chi connectivity index (χ1v) is 5.95. The summed E-state index contributed by atoms with van der Waals surface area (Å²) < 4.78 is 6.38. The standard InChI is InChI=1S/C12H11NO3S/c1-2-16-8-3-4-9-10(7-8)17-11(13-9)5-6-12(14)15/h3-7H,2H2,1H3,(H,14,15)/b6-5+. The van der Waals surface area contributed by atoms with E-state index in [0.29, 0.717) is 11.6 Å². The summed E-state index contributed by atoms with van der Waals surface area (Å²) in [5, 5.41) is 9.21. The monoisotopic (exact) mass is 249 g/mol. The molecule has 0 radical (unpaired) electrons. The number of carbonyl (C=O) groups is 1. The minimum Gasteiger partial charge on any atom is -0.494 e. The van der Waals surface area contributed by atoms with E-state index in [1.54, 1.807) is 0 Å². The zero-order valence-electron chi connectivity index (χ0n) is 9.21. The van der Waals surface area contributed by atoms with E-state index >= 15 is 0 Å². The summed E-state index contributed by atoms with van der Waals surface area (Å²) in [5.74, 6) is -0.170. The fourth-order valence-electron chi connectivity index (χ4n) is 1.39. The van der Waals surface area contributed by atoms with Crippen molar-refractivity contribution in [1.29, 1.82) is 0 Å². The Kier molecular flexibility index (Phi) is 3.39. The fourth-order valence-corrected chi connectivity index (χ4v) is 2.29. The Balaban J connectivity index is 2.33. The normalized spacial score (nSPS) is 11.1. The van der Waals surface area contributed by atoms with E-state index in [1.807, 2.05) is 25.1 Å². The molecule has 2 aromatic rings. The lowest BCUT2D eigenvalue weighted by atomic mass is 10.3. The van der Waals surface area contributed by atoms with Crippen molar-refractivity contribution in [2.75, 3.05) is 6.61 Å². The number of rotatable bonds is 4. The molecule has 0 bridgehead atoms. The molecule has 0 spiro atoms. The van der Waals surface area contributed by atoms with Gasteiger partial charge in [-0.15, -0.1) is 11.3 Å². The van der Waals surface area contributed by atoms with Gasteiger partial charge in [-0.1, -0.05) is 0 Å². The van der Waals surface area contributed by atoms with E-state index in [1.165, 1.54) is 17.4 Å². The van der Waals surface area contributed by atoms with E-state index in [2.05, 4.69) is 4.98 Å². The largest absolute Gasteiger partial charge is 0.494 e. The quantitative estimate of drug-likeness (QED) is 0.846. The van der Waals surface area contributed by atoms with Gasteiger partial charge in [0, 0.05) is 6.08 Å². The third-order valence-electron chi connectivity index (χ3n) is 2.06. The highest BCUT2D eigenvalue weighted by molar-refractivity contribution is 7.19. The van der Waals surface area contributed by atoms with Crippen LogP contribution in [0.4, 0.5) is 0 Å². The van der Waals surface area contributed by atoms with Crippen LogP contribution in [0.25, 0.3) is 16.3 Å². The lowest BCUT2D eigenvalue weighted by Gasteiger charge is -2.00. The van der Waals surface area contributed by atoms with Crippen molar-refractivity contribution >= 4 is 33.6 Å². The summed E-state index contributed by atoms with van der Waals surface area (Å²) in [7, 11) is 0. The van der Waals surface area contributed by atoms with Crippen molar-refractivity contribution in [3.05, 3.63) is 29.3 Å². The summed E-state index contributed by atoms with van der Waals surface area (Å²) in [6, 6.07) is 5.64. The Bertz CT molecular complexity index is 574. The van der Waals surface area contributed by atoms with Crippen LogP contribution in [-0.4, -0.2) is 22.7 Å². The number of carboxylic acids is 1. The maximum Gasteiger partial charge on any atom is 0.328 e. The molecule has 0 aliphatic carbocycles. The number of hydrogen-bond acceptors (Lipinski definition) is 4. The van der Waals surface area contributed by atoms with Crippen LogP contribution in [0.1, 0.15) is 11.9 Å². The van der Waals surface area contributed by atoms with Gasteiger partial charge in [0.2, 0.25) is 0 Å². The molecule has 0 fully saturated rings. The maximum absolute atomic E-state index is 10.4. The topological polar surface area (TPSA) is 59.4 Å². The van der Waals surface area contributed by atoms with Crippen molar-refractivity contribution in [3.63, 3.8) is 0 Å². The summed E-state index contributed by atoms with van der Waals surface area (Å²) in [4.78, 5) is 14.7. The van der Waals surface area contributed by atoms with Crippen LogP contribution < -0.4 is 4.74 Å². The average Bonchev–Trinajstić information content (AvgIpc) is 2.69. The van der Waals surface area contributed by atoms with E-state index in [0.717, 1.165) is 22.0 Å². The number of thiazole rings is 1. The Hall–Kier alpha value is -1.88. The Morgan fingerprint density at radius 3 is 3.12 bits per heavy atom. The number of carboxylic acid groups (broad SMARTS) is 1. The van der Waals surface area contributed by atoms with Gasteiger partial charge in [-0.05, 0) is 31.2 Å². The molecule has 0 amide bonds. The van der Waals surface area contributed by atoms with E-state index in [4.69, 9.17) is 9.84 Å². The molecule has 1 aromatic heterocycles. The molecule has 0 saturated carbocycles. The predicted octanol–water partition coefficient (Wildman–Crippen LogP) is 2.79. The zero-order valence-corrected chi connectivity index (χ0v) is 10.0. The highest BCUT2D eigenvalue weighted by Gasteiger charge is 2.03. The highest BCUT2D eigenvalue weighted by atomic mass is 32.1. The number of nitrogens with zero attached hydrogens (tertiary/aromatic N) is 1. The molecule has 1 heterocycles. The first kappa shape index (κ1) is 11.6. The smallest absolute Gasteiger partial charge is 0.328 e. The van der Waals surface area contributed by atoms with Gasteiger partial charge in [0.1, 0.15) is 10.8 Å². The molecule has 1 N–H and O–H groups in total. The van der Waals surface area contributed by atoms with E-state index in [9.17, 15) is 4.79 Å². The van der Waals surface area contributed by atoms with Crippen LogP contribution in [-0.2, 0) is 4.79 Å². The van der Waals surface area contributed by atoms with Crippen molar-refractivity contribution in [2.24, 2.45) is 0 Å². The van der Waals surface area contributed by atoms with Crippen molar-refractivity contribution < 1.29 is 14.6 Å². The summed E-state index contributed by atoms with van der Waals surface area (Å²) in [6.07, 6.45) is 2.58. The van der Waals surface area contributed by atoms with Gasteiger partial charge in [-0.2, -0.15) is 0 Å². The number of aliphatic carboxylic acids is 1. The number of hydrogen-bond donors (Lipinski definition) is 1. The second kappa shape index (κ2) is 4.97. The Morgan fingerprint density at radius 1 is 1.59 bits per heavy atom. The predicted molar refractivity (Wildman–Crippen MR) is 67.5 cm³/mol. The molecule has 0 aliphatic rings. The van der Waals surface area contributed by atoms with Crippen LogP contribution in [0.15, 0.2) is 24.3 Å². The number of aromatic nitrogens is 1. The molecular weight excluding hydrogens is 238 g/mol. The molecule has 1 aromatic carbocycles. The first-order chi connectivity index (χ1) is 8.19. The molecule has 0 aliphatic heterocycles. The molecule has 5 heteroatoms. The van der Waals surface area contributed by atoms with Gasteiger partial charge in [0.15, 0.2) is 0 Å². The second-order valence-corrected chi connectivity index (χ2v) is 4.35. The van der Waals surface area contributed by atoms with Gasteiger partial charge < -0.3 is 9.84 Å². The lowest BCUT2D eigenvalue weighted by Crippen LogP contribution is -1.89. The van der Waals surface area contributed by atoms with Crippen LogP contribution in [0.5, 0.6) is 5.75 Å². The van der Waals surface area contributed by atoms with Gasteiger partial charge >= 0.3 is 5.97 Å². The molecule has 0 saturated heterocycles. The first-order valence-electron chi connectivity index (χ1n) is 5.13. The van der Waals surface area contributed by atoms with Gasteiger partial charge in [0.25, 0.3) is 0 Å². The minimum atomic E-state index is -0.973. The second-order valence-electron chi connectivity index (χ2n) is 3.29. The number of benzene rings is 1. The fraction of sp³-hybridized carbons (Fsp3) is 0.167. The average molecular weight is 249 g/mol. The Labute approximate surface area is 102 Å². The number of fused-ring (bicyclic) bond motifs is 1. The molecule has 88 valence electrons. The van der Waals surface area contributed by atoms with Crippen LogP contribution in [0, 0.1) is 0 Å². The van der Waals surface area contributed by atoms with Crippen molar-refractivity contribution in [2.45, 2.75) is 6.92 Å². The van der Waals surface area contributed by atoms with E-state index in [-0.39, 0.29) is 0 Å². The minimum absolute atomic E-state index is 0.621. The molecular formula is C12H11NO3S. The van der Waals surface area contributed by atoms with Crippen LogP contribution >= 0.6 is 11.3 Å². The Morgan fingerprint density at radius 2 is 2.41 bits per heavy atom. The third-order valence-corrected chi connectivity index (χ3v) is 3.04. The summed E-state index contributed by atoms with van der Waals surface area (Å²) in [5.41, 5.74) is 0.850. The lowest BCUT2D eigenvalue weighted by molar-refractivity contribution is -0.131. The van der Waals surface area contributed by atoms with Crippen LogP contribution in [0.2, 0.25) is 0 Å². The zero-order chi connectivity index (χ0) is 12.3. The molecule has 17 heavy (non-hydrogen) atoms. The summed E-state index contributed by atoms with van der Waals surface area (Å²) >= 11 is 1.44. The third kappa shape index (κ3) is 2.82. The molecule has 4 nitrogen and oxygen atoms in total. The van der Waals surface area contributed by atoms with Crippen molar-refractivity contribution in [3.8, 4) is 5.75 Å². The SMILES string of the molecule is CCOc1ccc2nc(/C=C/C(=O)O)sc2c1.